The monoisotopic (exact) mass is 398 g/mol. The third-order valence-corrected chi connectivity index (χ3v) is 5.44. The van der Waals surface area contributed by atoms with E-state index in [1.54, 1.807) is 0 Å². The maximum atomic E-state index is 6.34. The molecule has 0 radical (unpaired) electrons. The Morgan fingerprint density at radius 3 is 1.34 bits per heavy atom. The van der Waals surface area contributed by atoms with Crippen molar-refractivity contribution in [3.63, 3.8) is 0 Å². The van der Waals surface area contributed by atoms with Crippen LogP contribution in [0.25, 0.3) is 0 Å². The normalized spacial score (nSPS) is 13.5. The molecule has 0 fully saturated rings. The SMILES string of the molecule is CCOc1ccccc1C(COCC(c1ccccc1OCC)C(C)C)C(C)C. The van der Waals surface area contributed by atoms with Crippen molar-refractivity contribution in [2.24, 2.45) is 11.8 Å². The van der Waals surface area contributed by atoms with Gasteiger partial charge in [-0.1, -0.05) is 64.1 Å². The van der Waals surface area contributed by atoms with Gasteiger partial charge in [0.25, 0.3) is 0 Å². The highest BCUT2D eigenvalue weighted by Gasteiger charge is 2.23. The minimum Gasteiger partial charge on any atom is -0.494 e. The lowest BCUT2D eigenvalue weighted by Crippen LogP contribution is -2.20. The molecule has 2 rings (SSSR count). The maximum Gasteiger partial charge on any atom is 0.122 e. The number of benzene rings is 2. The average molecular weight is 399 g/mol. The Morgan fingerprint density at radius 1 is 0.621 bits per heavy atom. The molecule has 0 aliphatic rings. The summed E-state index contributed by atoms with van der Waals surface area (Å²) in [5.74, 6) is 3.47. The van der Waals surface area contributed by atoms with Crippen LogP contribution in [-0.2, 0) is 4.74 Å². The molecule has 29 heavy (non-hydrogen) atoms. The van der Waals surface area contributed by atoms with Gasteiger partial charge in [-0.15, -0.1) is 0 Å². The third-order valence-electron chi connectivity index (χ3n) is 5.44. The van der Waals surface area contributed by atoms with Crippen LogP contribution in [0.2, 0.25) is 0 Å². The topological polar surface area (TPSA) is 27.7 Å². The van der Waals surface area contributed by atoms with Gasteiger partial charge in [0.05, 0.1) is 26.4 Å². The van der Waals surface area contributed by atoms with Gasteiger partial charge in [-0.2, -0.15) is 0 Å². The first-order chi connectivity index (χ1) is 14.0. The Labute approximate surface area is 177 Å². The molecule has 0 bridgehead atoms. The van der Waals surface area contributed by atoms with E-state index in [2.05, 4.69) is 64.1 Å². The van der Waals surface area contributed by atoms with Crippen LogP contribution >= 0.6 is 0 Å². The highest BCUT2D eigenvalue weighted by atomic mass is 16.5. The molecule has 0 N–H and O–H groups in total. The Balaban J connectivity index is 2.14. The molecule has 0 aromatic heterocycles. The number of para-hydroxylation sites is 2. The lowest BCUT2D eigenvalue weighted by molar-refractivity contribution is 0.0852. The molecule has 0 heterocycles. The molecule has 0 saturated carbocycles. The van der Waals surface area contributed by atoms with Crippen LogP contribution < -0.4 is 9.47 Å². The average Bonchev–Trinajstić information content (AvgIpc) is 2.70. The van der Waals surface area contributed by atoms with Gasteiger partial charge >= 0.3 is 0 Å². The molecule has 2 unspecified atom stereocenters. The highest BCUT2D eigenvalue weighted by Crippen LogP contribution is 2.35. The summed E-state index contributed by atoms with van der Waals surface area (Å²) in [6.45, 7) is 15.8. The second kappa shape index (κ2) is 11.9. The Morgan fingerprint density at radius 2 is 1.00 bits per heavy atom. The summed E-state index contributed by atoms with van der Waals surface area (Å²) in [4.78, 5) is 0. The van der Waals surface area contributed by atoms with Gasteiger partial charge in [-0.05, 0) is 48.9 Å². The van der Waals surface area contributed by atoms with Crippen LogP contribution in [0.15, 0.2) is 48.5 Å². The summed E-state index contributed by atoms with van der Waals surface area (Å²) in [6.07, 6.45) is 0. The predicted octanol–water partition coefficient (Wildman–Crippen LogP) is 6.68. The first-order valence-corrected chi connectivity index (χ1v) is 11.0. The van der Waals surface area contributed by atoms with Crippen LogP contribution in [0.3, 0.4) is 0 Å². The van der Waals surface area contributed by atoms with Crippen molar-refractivity contribution in [1.29, 1.82) is 0 Å². The molecular weight excluding hydrogens is 360 g/mol. The van der Waals surface area contributed by atoms with E-state index in [4.69, 9.17) is 14.2 Å². The highest BCUT2D eigenvalue weighted by molar-refractivity contribution is 5.37. The third kappa shape index (κ3) is 6.50. The minimum atomic E-state index is 0.299. The van der Waals surface area contributed by atoms with Gasteiger partial charge < -0.3 is 14.2 Å². The molecule has 2 aromatic rings. The summed E-state index contributed by atoms with van der Waals surface area (Å²) >= 11 is 0. The molecule has 3 nitrogen and oxygen atoms in total. The van der Waals surface area contributed by atoms with E-state index in [9.17, 15) is 0 Å². The van der Waals surface area contributed by atoms with Crippen molar-refractivity contribution >= 4 is 0 Å². The smallest absolute Gasteiger partial charge is 0.122 e. The van der Waals surface area contributed by atoms with Crippen molar-refractivity contribution < 1.29 is 14.2 Å². The fourth-order valence-corrected chi connectivity index (χ4v) is 3.75. The molecule has 0 spiro atoms. The van der Waals surface area contributed by atoms with E-state index in [0.717, 1.165) is 11.5 Å². The van der Waals surface area contributed by atoms with E-state index < -0.39 is 0 Å². The number of rotatable bonds is 12. The number of ether oxygens (including phenoxy) is 3. The van der Waals surface area contributed by atoms with Crippen molar-refractivity contribution in [1.82, 2.24) is 0 Å². The van der Waals surface area contributed by atoms with Crippen LogP contribution in [0.5, 0.6) is 11.5 Å². The first kappa shape index (κ1) is 23.3. The van der Waals surface area contributed by atoms with Gasteiger partial charge in [0.2, 0.25) is 0 Å². The predicted molar refractivity (Wildman–Crippen MR) is 121 cm³/mol. The molecule has 3 heteroatoms. The fraction of sp³-hybridized carbons (Fsp3) is 0.538. The van der Waals surface area contributed by atoms with Gasteiger partial charge in [-0.25, -0.2) is 0 Å². The molecule has 2 aromatic carbocycles. The van der Waals surface area contributed by atoms with Gasteiger partial charge in [0.1, 0.15) is 11.5 Å². The van der Waals surface area contributed by atoms with Gasteiger partial charge in [0, 0.05) is 11.8 Å². The summed E-state index contributed by atoms with van der Waals surface area (Å²) in [6, 6.07) is 16.7. The molecule has 0 aliphatic carbocycles. The molecular formula is C26H38O3. The molecule has 2 atom stereocenters. The Bertz CT molecular complexity index is 662. The van der Waals surface area contributed by atoms with Gasteiger partial charge in [-0.3, -0.25) is 0 Å². The van der Waals surface area contributed by atoms with E-state index in [-0.39, 0.29) is 0 Å². The van der Waals surface area contributed by atoms with E-state index in [1.165, 1.54) is 11.1 Å². The van der Waals surface area contributed by atoms with Crippen LogP contribution in [0, 0.1) is 11.8 Å². The van der Waals surface area contributed by atoms with Crippen molar-refractivity contribution in [2.45, 2.75) is 53.4 Å². The Hall–Kier alpha value is -2.00. The van der Waals surface area contributed by atoms with E-state index in [1.807, 2.05) is 26.0 Å². The molecule has 0 amide bonds. The van der Waals surface area contributed by atoms with Crippen LogP contribution in [0.1, 0.15) is 64.5 Å². The zero-order valence-electron chi connectivity index (χ0n) is 19.0. The lowest BCUT2D eigenvalue weighted by atomic mass is 9.87. The van der Waals surface area contributed by atoms with E-state index in [0.29, 0.717) is 50.1 Å². The largest absolute Gasteiger partial charge is 0.494 e. The standard InChI is InChI=1S/C26H38O3/c1-7-28-25-15-11-9-13-21(25)23(19(3)4)17-27-18-24(20(5)6)22-14-10-12-16-26(22)29-8-2/h9-16,19-20,23-24H,7-8,17-18H2,1-6H3. The maximum absolute atomic E-state index is 6.34. The van der Waals surface area contributed by atoms with Gasteiger partial charge in [0.15, 0.2) is 0 Å². The second-order valence-electron chi connectivity index (χ2n) is 8.18. The van der Waals surface area contributed by atoms with Crippen molar-refractivity contribution in [3.05, 3.63) is 59.7 Å². The fourth-order valence-electron chi connectivity index (χ4n) is 3.75. The first-order valence-electron chi connectivity index (χ1n) is 11.0. The quantitative estimate of drug-likeness (QED) is 0.399. The number of hydrogen-bond donors (Lipinski definition) is 0. The minimum absolute atomic E-state index is 0.299. The number of hydrogen-bond acceptors (Lipinski definition) is 3. The summed E-state index contributed by atoms with van der Waals surface area (Å²) in [5.41, 5.74) is 2.47. The Kier molecular flexibility index (Phi) is 9.53. The summed E-state index contributed by atoms with van der Waals surface area (Å²) < 4.78 is 18.1. The van der Waals surface area contributed by atoms with Crippen molar-refractivity contribution in [2.75, 3.05) is 26.4 Å². The summed E-state index contributed by atoms with van der Waals surface area (Å²) in [7, 11) is 0. The van der Waals surface area contributed by atoms with E-state index >= 15 is 0 Å². The molecule has 160 valence electrons. The molecule has 0 saturated heterocycles. The second-order valence-corrected chi connectivity index (χ2v) is 8.18. The van der Waals surface area contributed by atoms with Crippen LogP contribution in [0.4, 0.5) is 0 Å². The zero-order chi connectivity index (χ0) is 21.2. The zero-order valence-corrected chi connectivity index (χ0v) is 19.0. The molecule has 0 aliphatic heterocycles. The van der Waals surface area contributed by atoms with Crippen LogP contribution in [-0.4, -0.2) is 26.4 Å². The summed E-state index contributed by atoms with van der Waals surface area (Å²) in [5, 5.41) is 0. The lowest BCUT2D eigenvalue weighted by Gasteiger charge is -2.27. The van der Waals surface area contributed by atoms with Crippen molar-refractivity contribution in [3.8, 4) is 11.5 Å².